The van der Waals surface area contributed by atoms with E-state index in [9.17, 15) is 0 Å². The molecule has 0 aromatic rings. The Bertz CT molecular complexity index is 82.7. The van der Waals surface area contributed by atoms with E-state index in [0.717, 1.165) is 5.92 Å². The molecule has 0 nitrogen and oxygen atoms in total. The van der Waals surface area contributed by atoms with E-state index >= 15 is 0 Å². The third-order valence-electron chi connectivity index (χ3n) is 3.34. The minimum absolute atomic E-state index is 0. The molecule has 11 heavy (non-hydrogen) atoms. The molecule has 0 aromatic carbocycles. The molecule has 1 heteroatoms. The second kappa shape index (κ2) is 6.30. The SMILES string of the molecule is CCC(CC)(CC)C(C)C.[H-].[H-].[Mg+2]. The molecule has 0 radical (unpaired) electrons. The van der Waals surface area contributed by atoms with Crippen molar-refractivity contribution >= 4 is 23.1 Å². The summed E-state index contributed by atoms with van der Waals surface area (Å²) in [7, 11) is 0. The molecule has 0 heterocycles. The van der Waals surface area contributed by atoms with Crippen molar-refractivity contribution in [3.05, 3.63) is 0 Å². The van der Waals surface area contributed by atoms with Crippen LogP contribution in [0.3, 0.4) is 0 Å². The molecule has 66 valence electrons. The van der Waals surface area contributed by atoms with Crippen LogP contribution in [-0.2, 0) is 0 Å². The summed E-state index contributed by atoms with van der Waals surface area (Å²) in [4.78, 5) is 0. The Labute approximate surface area is 91.3 Å². The summed E-state index contributed by atoms with van der Waals surface area (Å²) >= 11 is 0. The third kappa shape index (κ3) is 3.33. The molecule has 0 atom stereocenters. The second-order valence-corrected chi connectivity index (χ2v) is 3.58. The van der Waals surface area contributed by atoms with E-state index in [-0.39, 0.29) is 25.9 Å². The van der Waals surface area contributed by atoms with E-state index in [1.54, 1.807) is 0 Å². The molecule has 0 amide bonds. The van der Waals surface area contributed by atoms with Gasteiger partial charge in [0, 0.05) is 0 Å². The summed E-state index contributed by atoms with van der Waals surface area (Å²) < 4.78 is 0. The average molecular weight is 169 g/mol. The van der Waals surface area contributed by atoms with E-state index < -0.39 is 0 Å². The Hall–Kier alpha value is 0.766. The van der Waals surface area contributed by atoms with Crippen molar-refractivity contribution in [1.82, 2.24) is 0 Å². The van der Waals surface area contributed by atoms with Gasteiger partial charge in [-0.15, -0.1) is 0 Å². The van der Waals surface area contributed by atoms with Gasteiger partial charge in [0.1, 0.15) is 0 Å². The molecule has 0 spiro atoms. The molecular formula is C10H24Mg. The standard InChI is InChI=1S/C10H22.Mg.2H/c1-6-10(7-2,8-3)9(4)5;;;/h9H,6-8H2,1-5H3;;;/q;+2;2*-1. The summed E-state index contributed by atoms with van der Waals surface area (Å²) in [6, 6.07) is 0. The molecule has 0 aliphatic heterocycles. The quantitative estimate of drug-likeness (QED) is 0.562. The van der Waals surface area contributed by atoms with Gasteiger partial charge in [-0.25, -0.2) is 0 Å². The summed E-state index contributed by atoms with van der Waals surface area (Å²) in [6.45, 7) is 11.6. The molecule has 0 unspecified atom stereocenters. The fourth-order valence-corrected chi connectivity index (χ4v) is 1.97. The van der Waals surface area contributed by atoms with Crippen LogP contribution in [0.15, 0.2) is 0 Å². The number of hydrogen-bond acceptors (Lipinski definition) is 0. The van der Waals surface area contributed by atoms with Crippen molar-refractivity contribution in [2.75, 3.05) is 0 Å². The predicted molar refractivity (Wildman–Crippen MR) is 56.1 cm³/mol. The van der Waals surface area contributed by atoms with Crippen molar-refractivity contribution in [2.45, 2.75) is 53.9 Å². The normalized spacial score (nSPS) is 11.5. The average Bonchev–Trinajstić information content (AvgIpc) is 1.92. The van der Waals surface area contributed by atoms with E-state index in [1.807, 2.05) is 0 Å². The summed E-state index contributed by atoms with van der Waals surface area (Å²) in [5, 5.41) is 0. The first-order valence-corrected chi connectivity index (χ1v) is 4.63. The maximum Gasteiger partial charge on any atom is 2.00 e. The number of rotatable bonds is 4. The maximum absolute atomic E-state index is 2.34. The van der Waals surface area contributed by atoms with Crippen LogP contribution in [-0.4, -0.2) is 23.1 Å². The second-order valence-electron chi connectivity index (χ2n) is 3.58. The predicted octanol–water partition coefficient (Wildman–Crippen LogP) is 3.70. The zero-order valence-electron chi connectivity index (χ0n) is 10.9. The molecule has 0 saturated carbocycles. The van der Waals surface area contributed by atoms with Gasteiger partial charge in [-0.1, -0.05) is 53.9 Å². The van der Waals surface area contributed by atoms with E-state index in [0.29, 0.717) is 5.41 Å². The minimum atomic E-state index is 0. The zero-order valence-corrected chi connectivity index (χ0v) is 10.3. The number of hydrogen-bond donors (Lipinski definition) is 0. The van der Waals surface area contributed by atoms with Crippen LogP contribution in [0.1, 0.15) is 56.7 Å². The van der Waals surface area contributed by atoms with Crippen molar-refractivity contribution in [2.24, 2.45) is 11.3 Å². The van der Waals surface area contributed by atoms with Crippen molar-refractivity contribution in [1.29, 1.82) is 0 Å². The molecule has 0 aliphatic carbocycles. The molecule has 0 aliphatic rings. The summed E-state index contributed by atoms with van der Waals surface area (Å²) in [5.41, 5.74) is 0.625. The van der Waals surface area contributed by atoms with Gasteiger partial charge in [0.15, 0.2) is 0 Å². The summed E-state index contributed by atoms with van der Waals surface area (Å²) in [5.74, 6) is 0.840. The minimum Gasteiger partial charge on any atom is -1.00 e. The van der Waals surface area contributed by atoms with Gasteiger partial charge in [-0.2, -0.15) is 0 Å². The van der Waals surface area contributed by atoms with Gasteiger partial charge in [0.25, 0.3) is 0 Å². The van der Waals surface area contributed by atoms with Crippen LogP contribution in [0.5, 0.6) is 0 Å². The first kappa shape index (κ1) is 14.3. The smallest absolute Gasteiger partial charge is 1.00 e. The van der Waals surface area contributed by atoms with Gasteiger partial charge < -0.3 is 2.85 Å². The van der Waals surface area contributed by atoms with Gasteiger partial charge in [-0.05, 0) is 11.3 Å². The first-order valence-electron chi connectivity index (χ1n) is 4.63. The Balaban J connectivity index is -0.000000135. The topological polar surface area (TPSA) is 0 Å². The van der Waals surface area contributed by atoms with E-state index in [1.165, 1.54) is 19.3 Å². The first-order chi connectivity index (χ1) is 4.63. The van der Waals surface area contributed by atoms with Crippen LogP contribution >= 0.6 is 0 Å². The third-order valence-corrected chi connectivity index (χ3v) is 3.34. The van der Waals surface area contributed by atoms with Crippen LogP contribution in [0.2, 0.25) is 0 Å². The van der Waals surface area contributed by atoms with Gasteiger partial charge in [-0.3, -0.25) is 0 Å². The molecule has 0 saturated heterocycles. The van der Waals surface area contributed by atoms with Crippen LogP contribution in [0.25, 0.3) is 0 Å². The van der Waals surface area contributed by atoms with Crippen molar-refractivity contribution in [3.63, 3.8) is 0 Å². The van der Waals surface area contributed by atoms with Crippen molar-refractivity contribution < 1.29 is 2.85 Å². The Morgan fingerprint density at radius 3 is 1.27 bits per heavy atom. The Morgan fingerprint density at radius 2 is 1.27 bits per heavy atom. The summed E-state index contributed by atoms with van der Waals surface area (Å²) in [6.07, 6.45) is 3.99. The van der Waals surface area contributed by atoms with E-state index in [4.69, 9.17) is 0 Å². The fraction of sp³-hybridized carbons (Fsp3) is 1.00. The monoisotopic (exact) mass is 168 g/mol. The Morgan fingerprint density at radius 1 is 1.00 bits per heavy atom. The van der Waals surface area contributed by atoms with Crippen LogP contribution < -0.4 is 0 Å². The van der Waals surface area contributed by atoms with Crippen molar-refractivity contribution in [3.8, 4) is 0 Å². The Kier molecular flexibility index (Phi) is 8.19. The van der Waals surface area contributed by atoms with E-state index in [2.05, 4.69) is 34.6 Å². The van der Waals surface area contributed by atoms with Crippen LogP contribution in [0.4, 0.5) is 0 Å². The van der Waals surface area contributed by atoms with Gasteiger partial charge in [0.05, 0.1) is 0 Å². The maximum atomic E-state index is 2.34. The molecule has 0 N–H and O–H groups in total. The van der Waals surface area contributed by atoms with Gasteiger partial charge in [0.2, 0.25) is 0 Å². The molecule has 0 fully saturated rings. The zero-order chi connectivity index (χ0) is 8.20. The molecule has 0 bridgehead atoms. The molecular weight excluding hydrogens is 144 g/mol. The fourth-order valence-electron chi connectivity index (χ4n) is 1.97. The van der Waals surface area contributed by atoms with Gasteiger partial charge >= 0.3 is 23.1 Å². The van der Waals surface area contributed by atoms with Crippen LogP contribution in [0, 0.1) is 11.3 Å². The molecule has 0 rings (SSSR count). The molecule has 0 aromatic heterocycles. The largest absolute Gasteiger partial charge is 2.00 e.